The summed E-state index contributed by atoms with van der Waals surface area (Å²) in [5.41, 5.74) is -1.24. The third-order valence-corrected chi connectivity index (χ3v) is 13.0. The predicted octanol–water partition coefficient (Wildman–Crippen LogP) is 5.88. The Bertz CT molecular complexity index is 1990. The first-order valence-electron chi connectivity index (χ1n) is 14.8. The molecule has 2 aromatic carbocycles. The van der Waals surface area contributed by atoms with Crippen LogP contribution in [-0.4, -0.2) is 79.4 Å². The van der Waals surface area contributed by atoms with Gasteiger partial charge in [0, 0.05) is 27.7 Å². The van der Waals surface area contributed by atoms with Crippen molar-refractivity contribution >= 4 is 93.6 Å². The number of hydrogen-bond donors (Lipinski definition) is 0. The van der Waals surface area contributed by atoms with Crippen molar-refractivity contribution in [1.29, 1.82) is 0 Å². The van der Waals surface area contributed by atoms with Crippen molar-refractivity contribution in [2.75, 3.05) is 39.9 Å². The van der Waals surface area contributed by atoms with Crippen LogP contribution in [0.15, 0.2) is 61.6 Å². The van der Waals surface area contributed by atoms with E-state index in [1.807, 2.05) is 0 Å². The van der Waals surface area contributed by atoms with Crippen LogP contribution in [0.3, 0.4) is 0 Å². The van der Waals surface area contributed by atoms with Crippen LogP contribution in [0.5, 0.6) is 5.75 Å². The highest BCUT2D eigenvalue weighted by Crippen LogP contribution is 2.71. The Kier molecular flexibility index (Phi) is 10.6. The van der Waals surface area contributed by atoms with Crippen molar-refractivity contribution in [3.8, 4) is 5.75 Å². The van der Waals surface area contributed by atoms with E-state index in [9.17, 15) is 34.1 Å². The molecule has 0 radical (unpaired) electrons. The first-order valence-corrected chi connectivity index (χ1v) is 17.6. The zero-order chi connectivity index (χ0) is 37.6. The molecule has 0 unspecified atom stereocenters. The number of esters is 4. The highest BCUT2D eigenvalue weighted by Gasteiger charge is 2.62. The fourth-order valence-electron chi connectivity index (χ4n) is 5.83. The number of nitro groups is 1. The summed E-state index contributed by atoms with van der Waals surface area (Å²) < 4.78 is 24.4. The van der Waals surface area contributed by atoms with Crippen LogP contribution in [0, 0.1) is 10.1 Å². The fourth-order valence-corrected chi connectivity index (χ4v) is 11.1. The number of benzene rings is 2. The van der Waals surface area contributed by atoms with Crippen molar-refractivity contribution in [3.05, 3.63) is 87.9 Å². The van der Waals surface area contributed by atoms with Gasteiger partial charge in [-0.3, -0.25) is 19.8 Å². The Balaban J connectivity index is 1.90. The van der Waals surface area contributed by atoms with E-state index in [1.54, 1.807) is 39.0 Å². The van der Waals surface area contributed by atoms with Crippen LogP contribution in [0.2, 0.25) is 5.02 Å². The average Bonchev–Trinajstić information content (AvgIpc) is 3.50. The van der Waals surface area contributed by atoms with E-state index in [0.717, 1.165) is 69.8 Å². The molecule has 1 spiro atoms. The second kappa shape index (κ2) is 14.3. The molecule has 14 nitrogen and oxygen atoms in total. The standard InChI is InChI=1S/C33H29ClN2O12S3/c1-8-48-16-10-12-19-17(14-16)21-26(32(2,3)35(19)27(37)15-9-11-18(34)20(13-15)36(42)43)49-23(29(39)45-5)22(28(38)44-4)33(21)50-24(30(40)46-6)25(51-33)31(41)47-7/h9-14H,8H2,1-7H3. The number of fused-ring (bicyclic) bond motifs is 3. The maximum absolute atomic E-state index is 14.6. The summed E-state index contributed by atoms with van der Waals surface area (Å²) in [6.07, 6.45) is 0. The van der Waals surface area contributed by atoms with Gasteiger partial charge >= 0.3 is 23.9 Å². The number of ether oxygens (including phenoxy) is 5. The lowest BCUT2D eigenvalue weighted by Gasteiger charge is -2.50. The number of carbonyl (C=O) groups excluding carboxylic acids is 5. The summed E-state index contributed by atoms with van der Waals surface area (Å²) in [7, 11) is 4.48. The normalized spacial score (nSPS) is 17.1. The molecule has 0 saturated heterocycles. The number of rotatable bonds is 8. The van der Waals surface area contributed by atoms with E-state index in [1.165, 1.54) is 17.0 Å². The predicted molar refractivity (Wildman–Crippen MR) is 191 cm³/mol. The molecule has 0 fully saturated rings. The van der Waals surface area contributed by atoms with Gasteiger partial charge in [0.2, 0.25) is 0 Å². The molecule has 0 saturated carbocycles. The van der Waals surface area contributed by atoms with Crippen LogP contribution < -0.4 is 9.64 Å². The van der Waals surface area contributed by atoms with Gasteiger partial charge in [-0.15, -0.1) is 0 Å². The molecule has 51 heavy (non-hydrogen) atoms. The largest absolute Gasteiger partial charge is 0.494 e. The van der Waals surface area contributed by atoms with E-state index in [-0.39, 0.29) is 43.2 Å². The summed E-state index contributed by atoms with van der Waals surface area (Å²) in [5.74, 6) is -4.01. The lowest BCUT2D eigenvalue weighted by molar-refractivity contribution is -0.384. The lowest BCUT2D eigenvalue weighted by Crippen LogP contribution is -2.53. The average molecular weight is 777 g/mol. The molecule has 268 valence electrons. The SMILES string of the molecule is CCOc1ccc2c(c1)C1=C(SC(C(=O)OC)=C(C(=O)OC)C13SC(C(=O)OC)=C(C(=O)OC)S3)C(C)(C)N2C(=O)c1ccc(Cl)c([N+](=O)[O-])c1. The molecular weight excluding hydrogens is 748 g/mol. The number of carbonyl (C=O) groups is 5. The number of nitro benzene ring substituents is 1. The Morgan fingerprint density at radius 2 is 1.41 bits per heavy atom. The van der Waals surface area contributed by atoms with Crippen LogP contribution in [0.1, 0.15) is 36.7 Å². The lowest BCUT2D eigenvalue weighted by atomic mass is 9.83. The molecule has 0 bridgehead atoms. The molecule has 1 amide bonds. The monoisotopic (exact) mass is 776 g/mol. The molecule has 0 aliphatic carbocycles. The second-order valence-electron chi connectivity index (χ2n) is 11.2. The van der Waals surface area contributed by atoms with Crippen LogP contribution in [0.25, 0.3) is 5.57 Å². The van der Waals surface area contributed by atoms with Crippen molar-refractivity contribution in [2.24, 2.45) is 0 Å². The summed E-state index contributed by atoms with van der Waals surface area (Å²) in [6, 6.07) is 8.54. The summed E-state index contributed by atoms with van der Waals surface area (Å²) >= 11 is 8.48. The summed E-state index contributed by atoms with van der Waals surface area (Å²) in [6.45, 7) is 5.40. The Morgan fingerprint density at radius 3 is 1.94 bits per heavy atom. The third-order valence-electron chi connectivity index (χ3n) is 8.01. The topological polar surface area (TPSA) is 178 Å². The van der Waals surface area contributed by atoms with E-state index in [2.05, 4.69) is 0 Å². The van der Waals surface area contributed by atoms with Crippen LogP contribution in [0.4, 0.5) is 11.4 Å². The minimum atomic E-state index is -1.81. The first-order chi connectivity index (χ1) is 24.1. The molecule has 3 aliphatic heterocycles. The fraction of sp³-hybridized carbons (Fsp3) is 0.303. The maximum atomic E-state index is 14.6. The highest BCUT2D eigenvalue weighted by atomic mass is 35.5. The van der Waals surface area contributed by atoms with E-state index >= 15 is 0 Å². The van der Waals surface area contributed by atoms with Crippen molar-refractivity contribution in [3.63, 3.8) is 0 Å². The number of amides is 1. The van der Waals surface area contributed by atoms with E-state index < -0.39 is 50.0 Å². The number of nitrogens with zero attached hydrogens (tertiary/aromatic N) is 2. The molecule has 2 aromatic rings. The van der Waals surface area contributed by atoms with Crippen molar-refractivity contribution in [1.82, 2.24) is 0 Å². The quantitative estimate of drug-likeness (QED) is 0.134. The van der Waals surface area contributed by atoms with Gasteiger partial charge < -0.3 is 23.7 Å². The van der Waals surface area contributed by atoms with Crippen LogP contribution in [-0.2, 0) is 38.1 Å². The second-order valence-corrected chi connectivity index (χ2v) is 15.3. The Morgan fingerprint density at radius 1 is 0.843 bits per heavy atom. The van der Waals surface area contributed by atoms with Crippen LogP contribution >= 0.6 is 46.9 Å². The van der Waals surface area contributed by atoms with Gasteiger partial charge in [0.1, 0.15) is 29.6 Å². The molecule has 3 heterocycles. The number of thioether (sulfide) groups is 3. The van der Waals surface area contributed by atoms with Gasteiger partial charge in [0.25, 0.3) is 11.6 Å². The zero-order valence-electron chi connectivity index (χ0n) is 28.1. The molecule has 0 N–H and O–H groups in total. The van der Waals surface area contributed by atoms with Crippen molar-refractivity contribution < 1.29 is 52.6 Å². The number of methoxy groups -OCH3 is 4. The van der Waals surface area contributed by atoms with E-state index in [4.69, 9.17) is 35.3 Å². The maximum Gasteiger partial charge on any atom is 0.345 e. The summed E-state index contributed by atoms with van der Waals surface area (Å²) in [4.78, 5) is 80.8. The van der Waals surface area contributed by atoms with Crippen molar-refractivity contribution in [2.45, 2.75) is 30.4 Å². The Hall–Kier alpha value is -4.45. The number of anilines is 1. The van der Waals surface area contributed by atoms with Gasteiger partial charge in [0.05, 0.1) is 56.8 Å². The highest BCUT2D eigenvalue weighted by molar-refractivity contribution is 8.26. The zero-order valence-corrected chi connectivity index (χ0v) is 31.3. The smallest absolute Gasteiger partial charge is 0.345 e. The minimum Gasteiger partial charge on any atom is -0.494 e. The molecule has 5 rings (SSSR count). The summed E-state index contributed by atoms with van der Waals surface area (Å²) in [5, 5.41) is 11.6. The molecule has 0 aromatic heterocycles. The number of halogens is 1. The van der Waals surface area contributed by atoms with Gasteiger partial charge in [-0.05, 0) is 51.1 Å². The van der Waals surface area contributed by atoms with Gasteiger partial charge in [0.15, 0.2) is 0 Å². The third kappa shape index (κ3) is 6.15. The Labute approximate surface area is 309 Å². The molecular formula is C33H29ClN2O12S3. The number of hydrogen-bond acceptors (Lipinski definition) is 15. The van der Waals surface area contributed by atoms with E-state index in [0.29, 0.717) is 21.8 Å². The molecule has 0 atom stereocenters. The first kappa shape index (κ1) is 37.8. The molecule has 18 heteroatoms. The van der Waals surface area contributed by atoms with Gasteiger partial charge in [-0.2, -0.15) is 0 Å². The minimum absolute atomic E-state index is 0.0650. The molecule has 3 aliphatic rings. The van der Waals surface area contributed by atoms with Gasteiger partial charge in [-0.25, -0.2) is 19.2 Å². The van der Waals surface area contributed by atoms with Gasteiger partial charge in [-0.1, -0.05) is 46.9 Å².